The number of halogens is 1. The van der Waals surface area contributed by atoms with Gasteiger partial charge in [-0.1, -0.05) is 29.8 Å². The number of amides is 3. The standard InChI is InChI=1S/C31H36ClN7O4S/c1-38(2)31(42)19-9-14-23(25(17-19)35-29(41)30-36-24-15-16-39(3)18-26(24)44-30)34-27(37-43-22-7-5-4-6-8-22)28(40)33-21-12-10-20(32)11-13-21/h4-8,10-13,19,23,25H,9,14-18H2,1-3H3,(H,33,40)(H,34,37)(H,35,41)/t19-,23-,25+/m0/s1. The zero-order valence-corrected chi connectivity index (χ0v) is 26.5. The SMILES string of the molecule is CN1CCc2nc(C(=O)N[C@@H]3C[C@@H](C(=O)N(C)C)CC[C@@H]3N=C(NOc3ccccc3)C(=O)Nc3ccc(Cl)cc3)sc2C1. The molecule has 1 aromatic heterocycles. The third kappa shape index (κ3) is 7.93. The Bertz CT molecular complexity index is 1510. The molecule has 0 bridgehead atoms. The molecule has 3 atom stereocenters. The Morgan fingerprint density at radius 2 is 1.84 bits per heavy atom. The number of nitrogens with one attached hydrogen (secondary N) is 3. The number of anilines is 1. The van der Waals surface area contributed by atoms with Crippen molar-refractivity contribution in [3.05, 3.63) is 75.2 Å². The normalized spacial score (nSPS) is 20.3. The molecule has 1 saturated carbocycles. The molecule has 3 aromatic rings. The zero-order chi connectivity index (χ0) is 31.2. The van der Waals surface area contributed by atoms with Gasteiger partial charge in [-0.2, -0.15) is 5.48 Å². The Kier molecular flexibility index (Phi) is 10.1. The average Bonchev–Trinajstić information content (AvgIpc) is 3.44. The van der Waals surface area contributed by atoms with Crippen molar-refractivity contribution in [2.24, 2.45) is 10.9 Å². The highest BCUT2D eigenvalue weighted by Crippen LogP contribution is 2.30. The number of nitrogens with zero attached hydrogens (tertiary/aromatic N) is 4. The fraction of sp³-hybridized carbons (Fsp3) is 0.387. The summed E-state index contributed by atoms with van der Waals surface area (Å²) < 4.78 is 0. The summed E-state index contributed by atoms with van der Waals surface area (Å²) in [4.78, 5) is 59.9. The largest absolute Gasteiger partial charge is 0.381 e. The lowest BCUT2D eigenvalue weighted by molar-refractivity contribution is -0.134. The number of amidine groups is 1. The first-order valence-corrected chi connectivity index (χ1v) is 15.7. The Morgan fingerprint density at radius 3 is 2.57 bits per heavy atom. The van der Waals surface area contributed by atoms with Crippen LogP contribution in [0, 0.1) is 5.92 Å². The molecule has 13 heteroatoms. The van der Waals surface area contributed by atoms with Gasteiger partial charge < -0.3 is 25.3 Å². The summed E-state index contributed by atoms with van der Waals surface area (Å²) in [5.41, 5.74) is 4.20. The summed E-state index contributed by atoms with van der Waals surface area (Å²) in [6.45, 7) is 1.65. The Hall–Kier alpha value is -4.00. The van der Waals surface area contributed by atoms with Gasteiger partial charge in [-0.15, -0.1) is 11.3 Å². The van der Waals surface area contributed by atoms with Crippen molar-refractivity contribution >= 4 is 52.2 Å². The van der Waals surface area contributed by atoms with Crippen molar-refractivity contribution in [1.82, 2.24) is 25.6 Å². The van der Waals surface area contributed by atoms with E-state index in [1.54, 1.807) is 55.4 Å². The van der Waals surface area contributed by atoms with Crippen LogP contribution >= 0.6 is 22.9 Å². The van der Waals surface area contributed by atoms with Crippen molar-refractivity contribution in [2.75, 3.05) is 33.0 Å². The van der Waals surface area contributed by atoms with Crippen LogP contribution in [0.15, 0.2) is 59.6 Å². The number of rotatable bonds is 7. The summed E-state index contributed by atoms with van der Waals surface area (Å²) >= 11 is 7.41. The smallest absolute Gasteiger partial charge is 0.293 e. The molecule has 0 saturated heterocycles. The minimum Gasteiger partial charge on any atom is -0.381 e. The van der Waals surface area contributed by atoms with E-state index in [1.807, 2.05) is 25.2 Å². The van der Waals surface area contributed by atoms with Gasteiger partial charge in [-0.3, -0.25) is 19.4 Å². The number of benzene rings is 2. The second kappa shape index (κ2) is 14.2. The summed E-state index contributed by atoms with van der Waals surface area (Å²) in [7, 11) is 5.49. The molecule has 2 heterocycles. The summed E-state index contributed by atoms with van der Waals surface area (Å²) in [6, 6.07) is 14.6. The molecular weight excluding hydrogens is 602 g/mol. The number of hydrogen-bond donors (Lipinski definition) is 3. The van der Waals surface area contributed by atoms with Gasteiger partial charge in [0.05, 0.1) is 17.8 Å². The van der Waals surface area contributed by atoms with E-state index in [0.29, 0.717) is 40.7 Å². The number of likely N-dealkylation sites (N-methyl/N-ethyl adjacent to an activating group) is 1. The molecule has 1 aliphatic carbocycles. The van der Waals surface area contributed by atoms with Crippen molar-refractivity contribution in [2.45, 2.75) is 44.3 Å². The lowest BCUT2D eigenvalue weighted by Gasteiger charge is -2.35. The van der Waals surface area contributed by atoms with Crippen molar-refractivity contribution in [1.29, 1.82) is 0 Å². The fourth-order valence-corrected chi connectivity index (χ4v) is 6.54. The minimum atomic E-state index is -0.531. The maximum absolute atomic E-state index is 13.5. The van der Waals surface area contributed by atoms with Gasteiger partial charge in [0.25, 0.3) is 11.8 Å². The van der Waals surface area contributed by atoms with E-state index in [1.165, 1.54) is 11.3 Å². The predicted octanol–water partition coefficient (Wildman–Crippen LogP) is 3.76. The zero-order valence-electron chi connectivity index (χ0n) is 24.9. The van der Waals surface area contributed by atoms with E-state index in [4.69, 9.17) is 21.4 Å². The second-order valence-corrected chi connectivity index (χ2v) is 12.7. The monoisotopic (exact) mass is 637 g/mol. The first kappa shape index (κ1) is 31.4. The molecule has 3 N–H and O–H groups in total. The van der Waals surface area contributed by atoms with Gasteiger partial charge in [0, 0.05) is 55.1 Å². The molecule has 11 nitrogen and oxygen atoms in total. The highest BCUT2D eigenvalue weighted by molar-refractivity contribution is 7.13. The van der Waals surface area contributed by atoms with E-state index in [2.05, 4.69) is 26.0 Å². The van der Waals surface area contributed by atoms with Crippen molar-refractivity contribution in [3.8, 4) is 5.75 Å². The average molecular weight is 638 g/mol. The van der Waals surface area contributed by atoms with Crippen LogP contribution in [-0.4, -0.2) is 78.1 Å². The summed E-state index contributed by atoms with van der Waals surface area (Å²) in [5, 5.41) is 6.85. The molecule has 232 valence electrons. The first-order valence-electron chi connectivity index (χ1n) is 14.5. The van der Waals surface area contributed by atoms with Gasteiger partial charge in [0.15, 0.2) is 10.8 Å². The van der Waals surface area contributed by atoms with Crippen molar-refractivity contribution in [3.63, 3.8) is 0 Å². The number of aliphatic imine (C=N–C) groups is 1. The molecule has 0 unspecified atom stereocenters. The van der Waals surface area contributed by atoms with Gasteiger partial charge >= 0.3 is 0 Å². The molecule has 0 spiro atoms. The molecule has 44 heavy (non-hydrogen) atoms. The van der Waals surface area contributed by atoms with Gasteiger partial charge in [-0.25, -0.2) is 4.98 Å². The number of para-hydroxylation sites is 1. The molecule has 5 rings (SSSR count). The molecule has 0 radical (unpaired) electrons. The van der Waals surface area contributed by atoms with Crippen LogP contribution in [0.2, 0.25) is 5.02 Å². The third-order valence-corrected chi connectivity index (χ3v) is 8.99. The Balaban J connectivity index is 1.40. The van der Waals surface area contributed by atoms with Gasteiger partial charge in [-0.05, 0) is 62.7 Å². The summed E-state index contributed by atoms with van der Waals surface area (Å²) in [6.07, 6.45) is 2.20. The van der Waals surface area contributed by atoms with Crippen LogP contribution in [0.5, 0.6) is 5.75 Å². The molecule has 2 aliphatic rings. The molecule has 2 aromatic carbocycles. The number of fused-ring (bicyclic) bond motifs is 1. The van der Waals surface area contributed by atoms with E-state index in [0.717, 1.165) is 30.1 Å². The van der Waals surface area contributed by atoms with Crippen LogP contribution in [-0.2, 0) is 22.6 Å². The fourth-order valence-electron chi connectivity index (χ4n) is 5.32. The summed E-state index contributed by atoms with van der Waals surface area (Å²) in [5.74, 6) is -0.723. The molecule has 3 amide bonds. The van der Waals surface area contributed by atoms with E-state index < -0.39 is 18.0 Å². The maximum Gasteiger partial charge on any atom is 0.293 e. The minimum absolute atomic E-state index is 0.00864. The predicted molar refractivity (Wildman–Crippen MR) is 171 cm³/mol. The van der Waals surface area contributed by atoms with Crippen LogP contribution in [0.4, 0.5) is 5.69 Å². The molecule has 1 aliphatic heterocycles. The number of hydroxylamine groups is 1. The quantitative estimate of drug-likeness (QED) is 0.204. The Morgan fingerprint density at radius 1 is 1.09 bits per heavy atom. The van der Waals surface area contributed by atoms with Crippen molar-refractivity contribution < 1.29 is 19.2 Å². The van der Waals surface area contributed by atoms with E-state index in [9.17, 15) is 14.4 Å². The molecule has 1 fully saturated rings. The number of hydrogen-bond acceptors (Lipinski definition) is 8. The van der Waals surface area contributed by atoms with Gasteiger partial charge in [0.2, 0.25) is 11.7 Å². The van der Waals surface area contributed by atoms with Crippen LogP contribution in [0.25, 0.3) is 0 Å². The van der Waals surface area contributed by atoms with Crippen LogP contribution in [0.1, 0.15) is 39.6 Å². The topological polar surface area (TPSA) is 128 Å². The van der Waals surface area contributed by atoms with E-state index >= 15 is 0 Å². The van der Waals surface area contributed by atoms with Crippen LogP contribution < -0.4 is 21.0 Å². The lowest BCUT2D eigenvalue weighted by Crippen LogP contribution is -2.50. The Labute approximate surface area is 265 Å². The second-order valence-electron chi connectivity index (χ2n) is 11.2. The maximum atomic E-state index is 13.5. The number of thiazole rings is 1. The highest BCUT2D eigenvalue weighted by atomic mass is 35.5. The number of carbonyl (C=O) groups excluding carboxylic acids is 3. The van der Waals surface area contributed by atoms with Crippen LogP contribution in [0.3, 0.4) is 0 Å². The third-order valence-electron chi connectivity index (χ3n) is 7.66. The number of carbonyl (C=O) groups is 3. The lowest BCUT2D eigenvalue weighted by atomic mass is 9.81. The highest BCUT2D eigenvalue weighted by Gasteiger charge is 2.37. The molecular formula is C31H36ClN7O4S. The van der Waals surface area contributed by atoms with E-state index in [-0.39, 0.29) is 23.6 Å². The first-order chi connectivity index (χ1) is 21.2. The van der Waals surface area contributed by atoms with Gasteiger partial charge in [0.1, 0.15) is 0 Å². The number of aromatic nitrogens is 1.